The molecule has 0 unspecified atom stereocenters. The summed E-state index contributed by atoms with van der Waals surface area (Å²) in [5.74, 6) is -0.550. The number of amides is 2. The molecule has 1 rings (SSSR count). The summed E-state index contributed by atoms with van der Waals surface area (Å²) in [7, 11) is 1.67. The molecule has 1 saturated carbocycles. The fourth-order valence-corrected chi connectivity index (χ4v) is 1.72. The summed E-state index contributed by atoms with van der Waals surface area (Å²) in [6.07, 6.45) is 3.52. The largest absolute Gasteiger partial charge is 0.481 e. The minimum absolute atomic E-state index is 0.00828. The Kier molecular flexibility index (Phi) is 6.32. The number of carbonyl (C=O) groups excluding carboxylic acids is 2. The molecule has 0 aliphatic heterocycles. The van der Waals surface area contributed by atoms with Crippen molar-refractivity contribution in [3.05, 3.63) is 0 Å². The van der Waals surface area contributed by atoms with Gasteiger partial charge in [-0.1, -0.05) is 0 Å². The summed E-state index contributed by atoms with van der Waals surface area (Å²) >= 11 is 0. The topological polar surface area (TPSA) is 86.7 Å². The fraction of sp³-hybridized carbons (Fsp3) is 0.769. The molecule has 6 heteroatoms. The van der Waals surface area contributed by atoms with Crippen molar-refractivity contribution in [1.82, 2.24) is 10.2 Å². The van der Waals surface area contributed by atoms with Crippen LogP contribution in [0.1, 0.15) is 38.5 Å². The van der Waals surface area contributed by atoms with E-state index in [2.05, 4.69) is 5.32 Å². The van der Waals surface area contributed by atoms with E-state index in [1.165, 1.54) is 0 Å². The van der Waals surface area contributed by atoms with E-state index in [9.17, 15) is 14.4 Å². The summed E-state index contributed by atoms with van der Waals surface area (Å²) in [6, 6.07) is 0. The van der Waals surface area contributed by atoms with Gasteiger partial charge < -0.3 is 15.3 Å². The van der Waals surface area contributed by atoms with Crippen LogP contribution in [0.5, 0.6) is 0 Å². The maximum atomic E-state index is 11.7. The van der Waals surface area contributed by atoms with Crippen LogP contribution < -0.4 is 5.32 Å². The van der Waals surface area contributed by atoms with Gasteiger partial charge in [-0.3, -0.25) is 14.4 Å². The maximum absolute atomic E-state index is 11.7. The molecular weight excluding hydrogens is 248 g/mol. The van der Waals surface area contributed by atoms with Gasteiger partial charge in [-0.25, -0.2) is 0 Å². The van der Waals surface area contributed by atoms with Gasteiger partial charge in [0.05, 0.1) is 0 Å². The number of carboxylic acid groups (broad SMARTS) is 1. The predicted molar refractivity (Wildman–Crippen MR) is 69.5 cm³/mol. The number of aliphatic carboxylic acids is 1. The Bertz CT molecular complexity index is 340. The molecule has 6 nitrogen and oxygen atoms in total. The van der Waals surface area contributed by atoms with Gasteiger partial charge in [0.15, 0.2) is 0 Å². The zero-order valence-corrected chi connectivity index (χ0v) is 11.4. The van der Waals surface area contributed by atoms with E-state index in [-0.39, 0.29) is 24.2 Å². The lowest BCUT2D eigenvalue weighted by atomic mass is 10.2. The molecule has 1 aliphatic carbocycles. The van der Waals surface area contributed by atoms with Gasteiger partial charge in [0.1, 0.15) is 0 Å². The van der Waals surface area contributed by atoms with E-state index in [1.807, 2.05) is 0 Å². The van der Waals surface area contributed by atoms with Gasteiger partial charge in [-0.15, -0.1) is 0 Å². The van der Waals surface area contributed by atoms with Crippen molar-refractivity contribution in [2.45, 2.75) is 38.5 Å². The summed E-state index contributed by atoms with van der Waals surface area (Å²) < 4.78 is 0. The van der Waals surface area contributed by atoms with Crippen LogP contribution in [0.4, 0.5) is 0 Å². The average Bonchev–Trinajstić information content (AvgIpc) is 3.17. The Hall–Kier alpha value is -1.59. The van der Waals surface area contributed by atoms with Crippen LogP contribution >= 0.6 is 0 Å². The van der Waals surface area contributed by atoms with Crippen molar-refractivity contribution in [2.75, 3.05) is 20.1 Å². The van der Waals surface area contributed by atoms with Crippen molar-refractivity contribution in [3.8, 4) is 0 Å². The second kappa shape index (κ2) is 7.76. The summed E-state index contributed by atoms with van der Waals surface area (Å²) in [6.45, 7) is 0.990. The highest BCUT2D eigenvalue weighted by Crippen LogP contribution is 2.28. The van der Waals surface area contributed by atoms with Gasteiger partial charge in [0.25, 0.3) is 0 Å². The third-order valence-corrected chi connectivity index (χ3v) is 3.12. The van der Waals surface area contributed by atoms with Crippen molar-refractivity contribution >= 4 is 17.8 Å². The van der Waals surface area contributed by atoms with Gasteiger partial charge in [-0.05, 0) is 25.7 Å². The second-order valence-corrected chi connectivity index (χ2v) is 4.98. The number of hydrogen-bond donors (Lipinski definition) is 2. The summed E-state index contributed by atoms with van der Waals surface area (Å²) in [5.41, 5.74) is 0. The highest BCUT2D eigenvalue weighted by Gasteiger charge is 2.28. The van der Waals surface area contributed by atoms with Gasteiger partial charge >= 0.3 is 5.97 Å². The molecule has 0 aromatic heterocycles. The highest BCUT2D eigenvalue weighted by molar-refractivity contribution is 5.81. The van der Waals surface area contributed by atoms with Crippen molar-refractivity contribution in [3.63, 3.8) is 0 Å². The lowest BCUT2D eigenvalue weighted by Crippen LogP contribution is -2.30. The lowest BCUT2D eigenvalue weighted by Gasteiger charge is -2.16. The molecule has 108 valence electrons. The van der Waals surface area contributed by atoms with Crippen molar-refractivity contribution < 1.29 is 19.5 Å². The highest BCUT2D eigenvalue weighted by atomic mass is 16.4. The average molecular weight is 270 g/mol. The van der Waals surface area contributed by atoms with E-state index in [0.717, 1.165) is 12.8 Å². The molecule has 0 atom stereocenters. The minimum Gasteiger partial charge on any atom is -0.481 e. The number of carbonyl (C=O) groups is 3. The molecule has 0 heterocycles. The number of nitrogens with zero attached hydrogens (tertiary/aromatic N) is 1. The molecular formula is C13H22N2O4. The third kappa shape index (κ3) is 6.79. The first-order chi connectivity index (χ1) is 9.00. The first kappa shape index (κ1) is 15.5. The summed E-state index contributed by atoms with van der Waals surface area (Å²) in [5, 5.41) is 11.3. The monoisotopic (exact) mass is 270 g/mol. The Morgan fingerprint density at radius 1 is 1.21 bits per heavy atom. The van der Waals surface area contributed by atoms with Crippen LogP contribution in [0.2, 0.25) is 0 Å². The zero-order valence-electron chi connectivity index (χ0n) is 11.4. The Balaban J connectivity index is 2.02. The number of rotatable bonds is 9. The van der Waals surface area contributed by atoms with Crippen LogP contribution in [-0.2, 0) is 14.4 Å². The maximum Gasteiger partial charge on any atom is 0.303 e. The smallest absolute Gasteiger partial charge is 0.303 e. The van der Waals surface area contributed by atoms with Crippen molar-refractivity contribution in [1.29, 1.82) is 0 Å². The quantitative estimate of drug-likeness (QED) is 0.601. The molecule has 2 N–H and O–H groups in total. The number of carboxylic acids is 1. The molecule has 0 radical (unpaired) electrons. The van der Waals surface area contributed by atoms with Gasteiger partial charge in [0.2, 0.25) is 11.8 Å². The molecule has 19 heavy (non-hydrogen) atoms. The van der Waals surface area contributed by atoms with Gasteiger partial charge in [-0.2, -0.15) is 0 Å². The lowest BCUT2D eigenvalue weighted by molar-refractivity contribution is -0.138. The molecule has 2 amide bonds. The Morgan fingerprint density at radius 3 is 2.47 bits per heavy atom. The summed E-state index contributed by atoms with van der Waals surface area (Å²) in [4.78, 5) is 34.9. The van der Waals surface area contributed by atoms with Crippen LogP contribution in [0.25, 0.3) is 0 Å². The second-order valence-electron chi connectivity index (χ2n) is 4.98. The van der Waals surface area contributed by atoms with E-state index >= 15 is 0 Å². The third-order valence-electron chi connectivity index (χ3n) is 3.12. The first-order valence-electron chi connectivity index (χ1n) is 6.74. The molecule has 0 saturated heterocycles. The SMILES string of the molecule is CN(CCCC(=O)O)C(=O)CCCNC(=O)C1CC1. The molecule has 0 bridgehead atoms. The normalized spacial score (nSPS) is 13.9. The molecule has 0 aromatic rings. The molecule has 1 fully saturated rings. The predicted octanol–water partition coefficient (Wildman–Crippen LogP) is 0.616. The Morgan fingerprint density at radius 2 is 1.89 bits per heavy atom. The molecule has 1 aliphatic rings. The van der Waals surface area contributed by atoms with E-state index < -0.39 is 5.97 Å². The zero-order chi connectivity index (χ0) is 14.3. The van der Waals surface area contributed by atoms with E-state index in [0.29, 0.717) is 32.4 Å². The molecule has 0 aromatic carbocycles. The van der Waals surface area contributed by atoms with Crippen LogP contribution in [-0.4, -0.2) is 47.9 Å². The first-order valence-corrected chi connectivity index (χ1v) is 6.74. The standard InChI is InChI=1S/C13H22N2O4/c1-15(9-3-5-12(17)18)11(16)4-2-8-14-13(19)10-6-7-10/h10H,2-9H2,1H3,(H,14,19)(H,17,18). The van der Waals surface area contributed by atoms with E-state index in [4.69, 9.17) is 5.11 Å². The van der Waals surface area contributed by atoms with Crippen LogP contribution in [0.3, 0.4) is 0 Å². The van der Waals surface area contributed by atoms with Crippen molar-refractivity contribution in [2.24, 2.45) is 5.92 Å². The van der Waals surface area contributed by atoms with E-state index in [1.54, 1.807) is 11.9 Å². The minimum atomic E-state index is -0.844. The Labute approximate surface area is 113 Å². The van der Waals surface area contributed by atoms with Gasteiger partial charge in [0, 0.05) is 38.9 Å². The number of nitrogens with one attached hydrogen (secondary N) is 1. The fourth-order valence-electron chi connectivity index (χ4n) is 1.72. The molecule has 0 spiro atoms. The van der Waals surface area contributed by atoms with Crippen LogP contribution in [0.15, 0.2) is 0 Å². The van der Waals surface area contributed by atoms with Crippen LogP contribution in [0, 0.1) is 5.92 Å². The number of hydrogen-bond acceptors (Lipinski definition) is 3.